The number of amides is 1. The Bertz CT molecular complexity index is 731. The van der Waals surface area contributed by atoms with Gasteiger partial charge < -0.3 is 10.2 Å². The second-order valence-electron chi connectivity index (χ2n) is 6.61. The highest BCUT2D eigenvalue weighted by Gasteiger charge is 2.32. The van der Waals surface area contributed by atoms with E-state index in [9.17, 15) is 4.79 Å². The Labute approximate surface area is 164 Å². The van der Waals surface area contributed by atoms with Gasteiger partial charge in [-0.2, -0.15) is 0 Å². The molecule has 1 amide bonds. The van der Waals surface area contributed by atoms with Gasteiger partial charge in [0, 0.05) is 48.1 Å². The fourth-order valence-corrected chi connectivity index (χ4v) is 4.65. The molecule has 2 saturated heterocycles. The van der Waals surface area contributed by atoms with Crippen LogP contribution in [0.3, 0.4) is 0 Å². The van der Waals surface area contributed by atoms with E-state index < -0.39 is 0 Å². The van der Waals surface area contributed by atoms with Gasteiger partial charge in [0.25, 0.3) is 5.91 Å². The van der Waals surface area contributed by atoms with Crippen LogP contribution in [0.4, 0.5) is 0 Å². The molecule has 0 saturated carbocycles. The number of fused-ring (bicyclic) bond motifs is 2. The summed E-state index contributed by atoms with van der Waals surface area (Å²) >= 11 is 1.60. The third-order valence-electron chi connectivity index (χ3n) is 5.08. The summed E-state index contributed by atoms with van der Waals surface area (Å²) in [4.78, 5) is 19.5. The van der Waals surface area contributed by atoms with E-state index in [1.165, 1.54) is 12.8 Å². The van der Waals surface area contributed by atoms with E-state index in [1.54, 1.807) is 17.5 Å². The molecular weight excluding hydrogens is 379 g/mol. The minimum absolute atomic E-state index is 0. The number of hydrogen-bond acceptors (Lipinski definition) is 4. The van der Waals surface area contributed by atoms with Crippen LogP contribution >= 0.6 is 36.2 Å². The molecule has 0 aliphatic carbocycles. The van der Waals surface area contributed by atoms with Crippen molar-refractivity contribution in [2.75, 3.05) is 13.1 Å². The SMILES string of the molecule is Cc1cc(C(=O)N2CCC3CCC(C2)N3)c(C)n1-c1nccs1.Cl.Cl. The number of halogens is 2. The largest absolute Gasteiger partial charge is 0.337 e. The molecule has 0 radical (unpaired) electrons. The van der Waals surface area contributed by atoms with Gasteiger partial charge in [-0.25, -0.2) is 4.98 Å². The normalized spacial score (nSPS) is 22.1. The Morgan fingerprint density at radius 1 is 1.24 bits per heavy atom. The number of nitrogens with zero attached hydrogens (tertiary/aromatic N) is 3. The average Bonchev–Trinajstić information content (AvgIpc) is 3.19. The number of thiazole rings is 1. The van der Waals surface area contributed by atoms with Crippen LogP contribution in [-0.4, -0.2) is 45.5 Å². The number of carbonyl (C=O) groups excluding carboxylic acids is 1. The third kappa shape index (κ3) is 3.72. The maximum absolute atomic E-state index is 13.1. The molecule has 0 aromatic carbocycles. The van der Waals surface area contributed by atoms with Crippen LogP contribution in [0.15, 0.2) is 17.6 Å². The van der Waals surface area contributed by atoms with Crippen LogP contribution in [0.2, 0.25) is 0 Å². The van der Waals surface area contributed by atoms with Crippen LogP contribution < -0.4 is 5.32 Å². The summed E-state index contributed by atoms with van der Waals surface area (Å²) in [6.45, 7) is 5.74. The number of aryl methyl sites for hydroxylation is 1. The summed E-state index contributed by atoms with van der Waals surface area (Å²) in [6.07, 6.45) is 5.31. The summed E-state index contributed by atoms with van der Waals surface area (Å²) in [6, 6.07) is 3.07. The van der Waals surface area contributed by atoms with Crippen LogP contribution in [-0.2, 0) is 0 Å². The second-order valence-corrected chi connectivity index (χ2v) is 7.49. The summed E-state index contributed by atoms with van der Waals surface area (Å²) in [5.41, 5.74) is 2.87. The number of rotatable bonds is 2. The first-order valence-electron chi connectivity index (χ1n) is 8.27. The first kappa shape index (κ1) is 20.2. The van der Waals surface area contributed by atoms with Crippen molar-refractivity contribution in [1.29, 1.82) is 0 Å². The maximum Gasteiger partial charge on any atom is 0.255 e. The van der Waals surface area contributed by atoms with Crippen LogP contribution in [0.25, 0.3) is 5.13 Å². The van der Waals surface area contributed by atoms with E-state index in [1.807, 2.05) is 30.2 Å². The highest BCUT2D eigenvalue weighted by atomic mass is 35.5. The summed E-state index contributed by atoms with van der Waals surface area (Å²) in [7, 11) is 0. The molecular formula is C17H24Cl2N4OS. The number of likely N-dealkylation sites (tertiary alicyclic amines) is 1. The predicted octanol–water partition coefficient (Wildman–Crippen LogP) is 3.36. The van der Waals surface area contributed by atoms with Crippen molar-refractivity contribution in [2.24, 2.45) is 0 Å². The van der Waals surface area contributed by atoms with E-state index in [4.69, 9.17) is 0 Å². The van der Waals surface area contributed by atoms with E-state index in [2.05, 4.69) is 14.9 Å². The molecule has 2 fully saturated rings. The van der Waals surface area contributed by atoms with Gasteiger partial charge in [0.05, 0.1) is 5.56 Å². The fourth-order valence-electron chi connectivity index (χ4n) is 3.90. The molecule has 4 heterocycles. The van der Waals surface area contributed by atoms with Crippen LogP contribution in [0.1, 0.15) is 41.0 Å². The molecule has 1 N–H and O–H groups in total. The first-order chi connectivity index (χ1) is 11.1. The summed E-state index contributed by atoms with van der Waals surface area (Å²) in [5.74, 6) is 0.162. The zero-order valence-electron chi connectivity index (χ0n) is 14.4. The minimum Gasteiger partial charge on any atom is -0.337 e. The Morgan fingerprint density at radius 3 is 2.72 bits per heavy atom. The van der Waals surface area contributed by atoms with Gasteiger partial charge in [-0.3, -0.25) is 9.36 Å². The molecule has 4 rings (SSSR count). The van der Waals surface area contributed by atoms with Gasteiger partial charge in [-0.05, 0) is 39.2 Å². The molecule has 2 unspecified atom stereocenters. The lowest BCUT2D eigenvalue weighted by Gasteiger charge is -2.24. The topological polar surface area (TPSA) is 50.2 Å². The van der Waals surface area contributed by atoms with Crippen molar-refractivity contribution in [3.8, 4) is 5.13 Å². The van der Waals surface area contributed by atoms with Crippen molar-refractivity contribution < 1.29 is 4.79 Å². The molecule has 2 atom stereocenters. The Kier molecular flexibility index (Phi) is 6.54. The highest BCUT2D eigenvalue weighted by molar-refractivity contribution is 7.12. The van der Waals surface area contributed by atoms with Gasteiger partial charge in [0.2, 0.25) is 0 Å². The smallest absolute Gasteiger partial charge is 0.255 e. The predicted molar refractivity (Wildman–Crippen MR) is 106 cm³/mol. The van der Waals surface area contributed by atoms with Gasteiger partial charge >= 0.3 is 0 Å². The molecule has 138 valence electrons. The zero-order valence-corrected chi connectivity index (χ0v) is 16.8. The molecule has 25 heavy (non-hydrogen) atoms. The molecule has 2 aromatic rings. The lowest BCUT2D eigenvalue weighted by molar-refractivity contribution is 0.0747. The Hall–Kier alpha value is -1.08. The maximum atomic E-state index is 13.1. The van der Waals surface area contributed by atoms with Crippen molar-refractivity contribution in [1.82, 2.24) is 19.8 Å². The average molecular weight is 403 g/mol. The standard InChI is InChI=1S/C17H22N4OS.2ClH/c1-11-9-15(12(2)21(11)17-18-6-8-23-17)16(22)20-7-5-13-3-4-14(10-20)19-13;;/h6,8-9,13-14,19H,3-5,7,10H2,1-2H3;2*1H. The van der Waals surface area contributed by atoms with Gasteiger partial charge in [0.1, 0.15) is 0 Å². The summed E-state index contributed by atoms with van der Waals surface area (Å²) < 4.78 is 2.08. The number of aromatic nitrogens is 2. The molecule has 5 nitrogen and oxygen atoms in total. The van der Waals surface area contributed by atoms with E-state index >= 15 is 0 Å². The Morgan fingerprint density at radius 2 is 2.00 bits per heavy atom. The van der Waals surface area contributed by atoms with Crippen molar-refractivity contribution in [3.63, 3.8) is 0 Å². The number of carbonyl (C=O) groups is 1. The third-order valence-corrected chi connectivity index (χ3v) is 5.84. The van der Waals surface area contributed by atoms with Crippen molar-refractivity contribution in [2.45, 2.75) is 45.2 Å². The fraction of sp³-hybridized carbons (Fsp3) is 0.529. The number of hydrogen-bond donors (Lipinski definition) is 1. The van der Waals surface area contributed by atoms with Gasteiger partial charge in [0.15, 0.2) is 5.13 Å². The van der Waals surface area contributed by atoms with Gasteiger partial charge in [-0.1, -0.05) is 0 Å². The number of nitrogens with one attached hydrogen (secondary N) is 1. The second kappa shape index (κ2) is 8.08. The van der Waals surface area contributed by atoms with Crippen molar-refractivity contribution >= 4 is 42.1 Å². The summed E-state index contributed by atoms with van der Waals surface area (Å²) in [5, 5.41) is 6.53. The zero-order chi connectivity index (χ0) is 16.0. The lowest BCUT2D eigenvalue weighted by Crippen LogP contribution is -2.39. The Balaban J connectivity index is 0.00000113. The molecule has 2 aliphatic heterocycles. The molecule has 2 bridgehead atoms. The van der Waals surface area contributed by atoms with Crippen LogP contribution in [0, 0.1) is 13.8 Å². The highest BCUT2D eigenvalue weighted by Crippen LogP contribution is 2.26. The lowest BCUT2D eigenvalue weighted by atomic mass is 10.1. The molecule has 0 spiro atoms. The van der Waals surface area contributed by atoms with Crippen molar-refractivity contribution in [3.05, 3.63) is 34.6 Å². The van der Waals surface area contributed by atoms with Crippen LogP contribution in [0.5, 0.6) is 0 Å². The van der Waals surface area contributed by atoms with E-state index in [0.717, 1.165) is 41.6 Å². The monoisotopic (exact) mass is 402 g/mol. The van der Waals surface area contributed by atoms with E-state index in [0.29, 0.717) is 12.1 Å². The van der Waals surface area contributed by atoms with Gasteiger partial charge in [-0.15, -0.1) is 36.2 Å². The minimum atomic E-state index is 0. The van der Waals surface area contributed by atoms with E-state index in [-0.39, 0.29) is 30.7 Å². The quantitative estimate of drug-likeness (QED) is 0.837. The molecule has 2 aliphatic rings. The molecule has 2 aromatic heterocycles. The first-order valence-corrected chi connectivity index (χ1v) is 9.15. The molecule has 8 heteroatoms.